The Kier molecular flexibility index (Phi) is 3.46. The van der Waals surface area contributed by atoms with Gasteiger partial charge in [0.2, 0.25) is 5.95 Å². The number of rotatable bonds is 3. The van der Waals surface area contributed by atoms with Crippen LogP contribution in [0.3, 0.4) is 0 Å². The van der Waals surface area contributed by atoms with Crippen LogP contribution in [0.4, 0.5) is 4.39 Å². The third kappa shape index (κ3) is 2.76. The summed E-state index contributed by atoms with van der Waals surface area (Å²) in [6, 6.07) is 2.52. The summed E-state index contributed by atoms with van der Waals surface area (Å²) >= 11 is 0. The lowest BCUT2D eigenvalue weighted by atomic mass is 10.2. The van der Waals surface area contributed by atoms with E-state index in [1.165, 1.54) is 12.3 Å². The Hall–Kier alpha value is -1.49. The third-order valence-corrected chi connectivity index (χ3v) is 2.61. The molecule has 16 heavy (non-hydrogen) atoms. The SMILES string of the molecule is O=C(NOC1CCCC1)c1ccnc(F)c1. The molecule has 1 saturated carbocycles. The Morgan fingerprint density at radius 3 is 2.94 bits per heavy atom. The van der Waals surface area contributed by atoms with Crippen molar-refractivity contribution in [2.24, 2.45) is 0 Å². The lowest BCUT2D eigenvalue weighted by Crippen LogP contribution is -2.28. The first-order valence-corrected chi connectivity index (χ1v) is 5.33. The molecule has 1 aliphatic carbocycles. The lowest BCUT2D eigenvalue weighted by Gasteiger charge is -2.11. The molecule has 2 rings (SSSR count). The Bertz CT molecular complexity index is 378. The van der Waals surface area contributed by atoms with Gasteiger partial charge in [-0.05, 0) is 18.9 Å². The lowest BCUT2D eigenvalue weighted by molar-refractivity contribution is -0.0125. The van der Waals surface area contributed by atoms with E-state index in [2.05, 4.69) is 10.5 Å². The maximum absolute atomic E-state index is 12.7. The molecular weight excluding hydrogens is 211 g/mol. The fraction of sp³-hybridized carbons (Fsp3) is 0.455. The van der Waals surface area contributed by atoms with Crippen molar-refractivity contribution in [2.75, 3.05) is 0 Å². The molecule has 1 aliphatic rings. The molecule has 4 nitrogen and oxygen atoms in total. The van der Waals surface area contributed by atoms with Crippen LogP contribution in [-0.4, -0.2) is 17.0 Å². The summed E-state index contributed by atoms with van der Waals surface area (Å²) in [5.41, 5.74) is 2.55. The van der Waals surface area contributed by atoms with Gasteiger partial charge in [0.15, 0.2) is 0 Å². The monoisotopic (exact) mass is 224 g/mol. The van der Waals surface area contributed by atoms with Gasteiger partial charge in [0.1, 0.15) is 0 Å². The summed E-state index contributed by atoms with van der Waals surface area (Å²) in [6.07, 6.45) is 5.53. The van der Waals surface area contributed by atoms with Gasteiger partial charge in [-0.1, -0.05) is 12.8 Å². The predicted molar refractivity (Wildman–Crippen MR) is 55.0 cm³/mol. The number of halogens is 1. The van der Waals surface area contributed by atoms with Crippen LogP contribution in [0.2, 0.25) is 0 Å². The Labute approximate surface area is 92.8 Å². The van der Waals surface area contributed by atoms with Crippen molar-refractivity contribution in [2.45, 2.75) is 31.8 Å². The average molecular weight is 224 g/mol. The molecular formula is C11H13FN2O2. The second-order valence-corrected chi connectivity index (χ2v) is 3.82. The van der Waals surface area contributed by atoms with Crippen LogP contribution >= 0.6 is 0 Å². The minimum absolute atomic E-state index is 0.0932. The van der Waals surface area contributed by atoms with E-state index < -0.39 is 11.9 Å². The van der Waals surface area contributed by atoms with Crippen molar-refractivity contribution >= 4 is 5.91 Å². The van der Waals surface area contributed by atoms with Crippen LogP contribution in [0.25, 0.3) is 0 Å². The first-order chi connectivity index (χ1) is 7.75. The van der Waals surface area contributed by atoms with Crippen LogP contribution in [0.5, 0.6) is 0 Å². The van der Waals surface area contributed by atoms with Crippen molar-refractivity contribution in [1.82, 2.24) is 10.5 Å². The van der Waals surface area contributed by atoms with Gasteiger partial charge in [0.05, 0.1) is 6.10 Å². The number of aromatic nitrogens is 1. The molecule has 1 aromatic rings. The number of hydroxylamine groups is 1. The molecule has 1 N–H and O–H groups in total. The second-order valence-electron chi connectivity index (χ2n) is 3.82. The summed E-state index contributed by atoms with van der Waals surface area (Å²) in [4.78, 5) is 20.1. The molecule has 0 spiro atoms. The number of amides is 1. The largest absolute Gasteiger partial charge is 0.275 e. The molecule has 1 aromatic heterocycles. The van der Waals surface area contributed by atoms with E-state index in [1.807, 2.05) is 0 Å². The topological polar surface area (TPSA) is 51.2 Å². The number of carbonyl (C=O) groups excluding carboxylic acids is 1. The normalized spacial score (nSPS) is 16.3. The van der Waals surface area contributed by atoms with Crippen molar-refractivity contribution in [3.63, 3.8) is 0 Å². The molecule has 1 fully saturated rings. The van der Waals surface area contributed by atoms with E-state index in [0.29, 0.717) is 0 Å². The molecule has 0 radical (unpaired) electrons. The molecule has 86 valence electrons. The Morgan fingerprint density at radius 1 is 1.50 bits per heavy atom. The minimum Gasteiger partial charge on any atom is -0.270 e. The molecule has 1 amide bonds. The zero-order valence-corrected chi connectivity index (χ0v) is 8.78. The summed E-state index contributed by atoms with van der Waals surface area (Å²) in [5.74, 6) is -1.11. The second kappa shape index (κ2) is 5.03. The summed E-state index contributed by atoms with van der Waals surface area (Å²) in [6.45, 7) is 0. The van der Waals surface area contributed by atoms with Gasteiger partial charge in [-0.3, -0.25) is 9.63 Å². The molecule has 0 unspecified atom stereocenters. The van der Waals surface area contributed by atoms with Gasteiger partial charge in [-0.15, -0.1) is 0 Å². The molecule has 0 aromatic carbocycles. The molecule has 0 bridgehead atoms. The van der Waals surface area contributed by atoms with Crippen LogP contribution in [0.15, 0.2) is 18.3 Å². The van der Waals surface area contributed by atoms with Crippen molar-refractivity contribution < 1.29 is 14.0 Å². The van der Waals surface area contributed by atoms with E-state index in [1.54, 1.807) is 0 Å². The third-order valence-electron chi connectivity index (χ3n) is 2.61. The number of hydrogen-bond donors (Lipinski definition) is 1. The van der Waals surface area contributed by atoms with E-state index in [-0.39, 0.29) is 11.7 Å². The quantitative estimate of drug-likeness (QED) is 0.629. The van der Waals surface area contributed by atoms with Crippen LogP contribution in [0, 0.1) is 5.95 Å². The smallest absolute Gasteiger partial charge is 0.270 e. The van der Waals surface area contributed by atoms with Gasteiger partial charge in [-0.2, -0.15) is 4.39 Å². The number of carbonyl (C=O) groups is 1. The van der Waals surface area contributed by atoms with Crippen molar-refractivity contribution in [3.8, 4) is 0 Å². The number of nitrogens with zero attached hydrogens (tertiary/aromatic N) is 1. The van der Waals surface area contributed by atoms with E-state index >= 15 is 0 Å². The highest BCUT2D eigenvalue weighted by atomic mass is 19.1. The summed E-state index contributed by atoms with van der Waals surface area (Å²) in [5, 5.41) is 0. The number of pyridine rings is 1. The van der Waals surface area contributed by atoms with Gasteiger partial charge in [0, 0.05) is 17.8 Å². The minimum atomic E-state index is -0.673. The maximum atomic E-state index is 12.7. The van der Waals surface area contributed by atoms with Crippen LogP contribution in [-0.2, 0) is 4.84 Å². The first-order valence-electron chi connectivity index (χ1n) is 5.33. The van der Waals surface area contributed by atoms with E-state index in [4.69, 9.17) is 4.84 Å². The van der Waals surface area contributed by atoms with Crippen LogP contribution < -0.4 is 5.48 Å². The molecule has 0 aliphatic heterocycles. The van der Waals surface area contributed by atoms with Crippen molar-refractivity contribution in [1.29, 1.82) is 0 Å². The number of nitrogens with one attached hydrogen (secondary N) is 1. The molecule has 0 atom stereocenters. The van der Waals surface area contributed by atoms with E-state index in [9.17, 15) is 9.18 Å². The number of hydrogen-bond acceptors (Lipinski definition) is 3. The highest BCUT2D eigenvalue weighted by Gasteiger charge is 2.17. The van der Waals surface area contributed by atoms with Crippen molar-refractivity contribution in [3.05, 3.63) is 29.8 Å². The molecule has 0 saturated heterocycles. The van der Waals surface area contributed by atoms with Gasteiger partial charge >= 0.3 is 0 Å². The Balaban J connectivity index is 1.87. The highest BCUT2D eigenvalue weighted by molar-refractivity contribution is 5.93. The zero-order chi connectivity index (χ0) is 11.4. The highest BCUT2D eigenvalue weighted by Crippen LogP contribution is 2.19. The fourth-order valence-corrected chi connectivity index (χ4v) is 1.75. The van der Waals surface area contributed by atoms with Gasteiger partial charge < -0.3 is 0 Å². The van der Waals surface area contributed by atoms with Gasteiger partial charge in [-0.25, -0.2) is 10.5 Å². The predicted octanol–water partition coefficient (Wildman–Crippen LogP) is 1.82. The maximum Gasteiger partial charge on any atom is 0.275 e. The first kappa shape index (κ1) is 11.0. The van der Waals surface area contributed by atoms with E-state index in [0.717, 1.165) is 31.7 Å². The standard InChI is InChI=1S/C11H13FN2O2/c12-10-7-8(5-6-13-10)11(15)14-16-9-3-1-2-4-9/h5-7,9H,1-4H2,(H,14,15). The van der Waals surface area contributed by atoms with Crippen LogP contribution in [0.1, 0.15) is 36.0 Å². The molecule has 1 heterocycles. The zero-order valence-electron chi connectivity index (χ0n) is 8.78. The average Bonchev–Trinajstić information content (AvgIpc) is 2.78. The van der Waals surface area contributed by atoms with Gasteiger partial charge in [0.25, 0.3) is 5.91 Å². The summed E-state index contributed by atoms with van der Waals surface area (Å²) in [7, 11) is 0. The summed E-state index contributed by atoms with van der Waals surface area (Å²) < 4.78 is 12.7. The fourth-order valence-electron chi connectivity index (χ4n) is 1.75. The Morgan fingerprint density at radius 2 is 2.25 bits per heavy atom. The molecule has 5 heteroatoms.